The Bertz CT molecular complexity index is 401. The fourth-order valence-electron chi connectivity index (χ4n) is 2.00. The van der Waals surface area contributed by atoms with Gasteiger partial charge in [-0.2, -0.15) is 23.1 Å². The van der Waals surface area contributed by atoms with Crippen molar-refractivity contribution in [1.82, 2.24) is 10.6 Å². The largest absolute Gasteiger partial charge is 0.384 e. The molecule has 1 aromatic rings. The molecular formula is C13H20N2O2S2. The van der Waals surface area contributed by atoms with Gasteiger partial charge in [0.25, 0.3) is 0 Å². The minimum absolute atomic E-state index is 0.188. The summed E-state index contributed by atoms with van der Waals surface area (Å²) in [6, 6.07) is 1.96. The Morgan fingerprint density at radius 3 is 2.89 bits per heavy atom. The van der Waals surface area contributed by atoms with Crippen molar-refractivity contribution < 1.29 is 9.90 Å². The molecule has 1 aromatic heterocycles. The summed E-state index contributed by atoms with van der Waals surface area (Å²) in [4.78, 5) is 11.8. The van der Waals surface area contributed by atoms with Crippen LogP contribution < -0.4 is 10.6 Å². The molecule has 1 aliphatic rings. The number of amides is 2. The number of rotatable bonds is 4. The standard InChI is InChI=1S/C13H20N2O2S2/c1-13(17,10-2-5-19-8-10)9-14-12(16)15-11-3-6-18-7-4-11/h2,5,8,11,17H,3-4,6-7,9H2,1H3,(H2,14,15,16)/t13-/m0/s1. The average Bonchev–Trinajstić information content (AvgIpc) is 2.92. The topological polar surface area (TPSA) is 61.4 Å². The molecule has 3 N–H and O–H groups in total. The molecule has 0 spiro atoms. The zero-order chi connectivity index (χ0) is 13.7. The molecule has 0 unspecified atom stereocenters. The lowest BCUT2D eigenvalue weighted by Crippen LogP contribution is -2.47. The molecule has 106 valence electrons. The summed E-state index contributed by atoms with van der Waals surface area (Å²) in [7, 11) is 0. The lowest BCUT2D eigenvalue weighted by Gasteiger charge is -2.25. The van der Waals surface area contributed by atoms with Crippen LogP contribution >= 0.6 is 23.1 Å². The lowest BCUT2D eigenvalue weighted by molar-refractivity contribution is 0.0597. The van der Waals surface area contributed by atoms with E-state index in [1.165, 1.54) is 11.3 Å². The predicted molar refractivity (Wildman–Crippen MR) is 80.8 cm³/mol. The van der Waals surface area contributed by atoms with Gasteiger partial charge in [0.1, 0.15) is 5.60 Å². The van der Waals surface area contributed by atoms with E-state index in [4.69, 9.17) is 0 Å². The molecule has 1 aliphatic heterocycles. The van der Waals surface area contributed by atoms with Gasteiger partial charge >= 0.3 is 6.03 Å². The van der Waals surface area contributed by atoms with Crippen LogP contribution in [0, 0.1) is 0 Å². The second-order valence-electron chi connectivity index (χ2n) is 5.00. The van der Waals surface area contributed by atoms with Gasteiger partial charge in [0, 0.05) is 6.04 Å². The van der Waals surface area contributed by atoms with Crippen molar-refractivity contribution in [3.05, 3.63) is 22.4 Å². The van der Waals surface area contributed by atoms with Crippen LogP contribution in [-0.2, 0) is 5.60 Å². The summed E-state index contributed by atoms with van der Waals surface area (Å²) >= 11 is 3.47. The first-order valence-electron chi connectivity index (χ1n) is 6.45. The lowest BCUT2D eigenvalue weighted by atomic mass is 9.99. The molecule has 19 heavy (non-hydrogen) atoms. The molecule has 0 radical (unpaired) electrons. The second-order valence-corrected chi connectivity index (χ2v) is 7.00. The third kappa shape index (κ3) is 4.40. The maximum Gasteiger partial charge on any atom is 0.315 e. The highest BCUT2D eigenvalue weighted by molar-refractivity contribution is 7.99. The summed E-state index contributed by atoms with van der Waals surface area (Å²) < 4.78 is 0. The summed E-state index contributed by atoms with van der Waals surface area (Å²) in [5, 5.41) is 19.8. The molecule has 2 heterocycles. The Morgan fingerprint density at radius 1 is 1.53 bits per heavy atom. The van der Waals surface area contributed by atoms with Crippen molar-refractivity contribution in [3.63, 3.8) is 0 Å². The van der Waals surface area contributed by atoms with E-state index in [1.807, 2.05) is 28.6 Å². The number of thiophene rings is 1. The van der Waals surface area contributed by atoms with E-state index in [9.17, 15) is 9.90 Å². The number of aliphatic hydroxyl groups is 1. The van der Waals surface area contributed by atoms with Crippen molar-refractivity contribution in [2.45, 2.75) is 31.4 Å². The minimum atomic E-state index is -1.01. The van der Waals surface area contributed by atoms with E-state index in [1.54, 1.807) is 6.92 Å². The first kappa shape index (κ1) is 14.7. The second kappa shape index (κ2) is 6.63. The van der Waals surface area contributed by atoms with Gasteiger partial charge in [-0.25, -0.2) is 4.79 Å². The Morgan fingerprint density at radius 2 is 2.26 bits per heavy atom. The van der Waals surface area contributed by atoms with Crippen molar-refractivity contribution >= 4 is 29.1 Å². The SMILES string of the molecule is C[C@](O)(CNC(=O)NC1CCSCC1)c1ccsc1. The van der Waals surface area contributed by atoms with Crippen LogP contribution in [0.2, 0.25) is 0 Å². The molecule has 4 nitrogen and oxygen atoms in total. The van der Waals surface area contributed by atoms with E-state index in [0.717, 1.165) is 29.9 Å². The summed E-state index contributed by atoms with van der Waals surface area (Å²) in [5.74, 6) is 2.22. The molecule has 0 aliphatic carbocycles. The molecule has 1 atom stereocenters. The van der Waals surface area contributed by atoms with Gasteiger partial charge in [-0.1, -0.05) is 0 Å². The number of carbonyl (C=O) groups excluding carboxylic acids is 1. The van der Waals surface area contributed by atoms with E-state index < -0.39 is 5.60 Å². The van der Waals surface area contributed by atoms with Crippen molar-refractivity contribution in [3.8, 4) is 0 Å². The van der Waals surface area contributed by atoms with Crippen molar-refractivity contribution in [2.75, 3.05) is 18.1 Å². The molecule has 0 aromatic carbocycles. The highest BCUT2D eigenvalue weighted by Gasteiger charge is 2.24. The van der Waals surface area contributed by atoms with E-state index in [2.05, 4.69) is 10.6 Å². The number of hydrogen-bond donors (Lipinski definition) is 3. The summed E-state index contributed by atoms with van der Waals surface area (Å²) in [6.45, 7) is 1.93. The van der Waals surface area contributed by atoms with Gasteiger partial charge in [-0.3, -0.25) is 0 Å². The van der Waals surface area contributed by atoms with Crippen LogP contribution in [0.4, 0.5) is 4.79 Å². The van der Waals surface area contributed by atoms with Gasteiger partial charge < -0.3 is 15.7 Å². The third-order valence-electron chi connectivity index (χ3n) is 3.29. The monoisotopic (exact) mass is 300 g/mol. The van der Waals surface area contributed by atoms with Crippen LogP contribution in [0.5, 0.6) is 0 Å². The number of urea groups is 1. The van der Waals surface area contributed by atoms with Gasteiger partial charge in [0.2, 0.25) is 0 Å². The quantitative estimate of drug-likeness (QED) is 0.798. The molecule has 0 saturated carbocycles. The Labute approximate surface area is 122 Å². The molecular weight excluding hydrogens is 280 g/mol. The maximum atomic E-state index is 11.8. The van der Waals surface area contributed by atoms with Gasteiger partial charge in [-0.05, 0) is 53.7 Å². The Kier molecular flexibility index (Phi) is 5.13. The first-order chi connectivity index (χ1) is 9.08. The zero-order valence-electron chi connectivity index (χ0n) is 11.0. The maximum absolute atomic E-state index is 11.8. The van der Waals surface area contributed by atoms with Crippen LogP contribution in [0.1, 0.15) is 25.3 Å². The number of hydrogen-bond acceptors (Lipinski definition) is 4. The van der Waals surface area contributed by atoms with Crippen LogP contribution in [-0.4, -0.2) is 35.2 Å². The van der Waals surface area contributed by atoms with Crippen molar-refractivity contribution in [1.29, 1.82) is 0 Å². The summed E-state index contributed by atoms with van der Waals surface area (Å²) in [6.07, 6.45) is 2.05. The van der Waals surface area contributed by atoms with E-state index in [-0.39, 0.29) is 18.6 Å². The predicted octanol–water partition coefficient (Wildman–Crippen LogP) is 2.15. The van der Waals surface area contributed by atoms with Gasteiger partial charge in [0.15, 0.2) is 0 Å². The van der Waals surface area contributed by atoms with E-state index in [0.29, 0.717) is 0 Å². The fourth-order valence-corrected chi connectivity index (χ4v) is 3.89. The highest BCUT2D eigenvalue weighted by Crippen LogP contribution is 2.22. The number of nitrogens with one attached hydrogen (secondary N) is 2. The van der Waals surface area contributed by atoms with Crippen LogP contribution in [0.3, 0.4) is 0 Å². The van der Waals surface area contributed by atoms with E-state index >= 15 is 0 Å². The van der Waals surface area contributed by atoms with Crippen LogP contribution in [0.25, 0.3) is 0 Å². The molecule has 0 bridgehead atoms. The normalized spacial score (nSPS) is 19.7. The zero-order valence-corrected chi connectivity index (χ0v) is 12.6. The molecule has 1 saturated heterocycles. The molecule has 2 amide bonds. The minimum Gasteiger partial charge on any atom is -0.384 e. The summed E-state index contributed by atoms with van der Waals surface area (Å²) in [5.41, 5.74) is -0.174. The Hall–Kier alpha value is -0.720. The smallest absolute Gasteiger partial charge is 0.315 e. The molecule has 2 rings (SSSR count). The first-order valence-corrected chi connectivity index (χ1v) is 8.55. The van der Waals surface area contributed by atoms with Crippen LogP contribution in [0.15, 0.2) is 16.8 Å². The molecule has 1 fully saturated rings. The van der Waals surface area contributed by atoms with Gasteiger partial charge in [0.05, 0.1) is 6.54 Å². The molecule has 6 heteroatoms. The fraction of sp³-hybridized carbons (Fsp3) is 0.615. The van der Waals surface area contributed by atoms with Gasteiger partial charge in [-0.15, -0.1) is 0 Å². The number of thioether (sulfide) groups is 1. The highest BCUT2D eigenvalue weighted by atomic mass is 32.2. The average molecular weight is 300 g/mol. The number of carbonyl (C=O) groups is 1. The Balaban J connectivity index is 1.76. The van der Waals surface area contributed by atoms with Crippen molar-refractivity contribution in [2.24, 2.45) is 0 Å². The third-order valence-corrected chi connectivity index (χ3v) is 5.02.